The highest BCUT2D eigenvalue weighted by Gasteiger charge is 2.37. The molecule has 5 nitrogen and oxygen atoms in total. The minimum absolute atomic E-state index is 0.0206. The first-order valence-corrected chi connectivity index (χ1v) is 9.12. The lowest BCUT2D eigenvalue weighted by atomic mass is 10.2. The summed E-state index contributed by atoms with van der Waals surface area (Å²) in [6, 6.07) is 0.468. The van der Waals surface area contributed by atoms with E-state index in [0.29, 0.717) is 17.5 Å². The van der Waals surface area contributed by atoms with Crippen molar-refractivity contribution in [1.29, 1.82) is 0 Å². The number of aryl methyl sites for hydroxylation is 1. The van der Waals surface area contributed by atoms with Crippen LogP contribution in [-0.4, -0.2) is 42.7 Å². The lowest BCUT2D eigenvalue weighted by Gasteiger charge is -2.23. The van der Waals surface area contributed by atoms with Gasteiger partial charge in [0, 0.05) is 6.04 Å². The second kappa shape index (κ2) is 5.48. The fourth-order valence-corrected chi connectivity index (χ4v) is 5.36. The van der Waals surface area contributed by atoms with E-state index in [4.69, 9.17) is 4.42 Å². The van der Waals surface area contributed by atoms with E-state index in [1.165, 1.54) is 19.2 Å². The Morgan fingerprint density at radius 2 is 2.10 bits per heavy atom. The maximum absolute atomic E-state index is 12.5. The van der Waals surface area contributed by atoms with Crippen LogP contribution >= 0.6 is 0 Å². The average molecular weight is 298 g/mol. The van der Waals surface area contributed by atoms with E-state index in [2.05, 4.69) is 9.88 Å². The molecule has 0 radical (unpaired) electrons. The molecule has 2 fully saturated rings. The third-order valence-corrected chi connectivity index (χ3v) is 6.82. The van der Waals surface area contributed by atoms with Crippen LogP contribution in [0, 0.1) is 6.92 Å². The summed E-state index contributed by atoms with van der Waals surface area (Å²) >= 11 is 0. The summed E-state index contributed by atoms with van der Waals surface area (Å²) in [7, 11) is -3.12. The van der Waals surface area contributed by atoms with Crippen LogP contribution in [0.2, 0.25) is 0 Å². The molecule has 112 valence electrons. The van der Waals surface area contributed by atoms with E-state index in [1.54, 1.807) is 6.92 Å². The molecule has 0 unspecified atom stereocenters. The van der Waals surface area contributed by atoms with E-state index < -0.39 is 9.84 Å². The molecule has 1 aliphatic heterocycles. The van der Waals surface area contributed by atoms with Crippen molar-refractivity contribution in [2.45, 2.75) is 56.1 Å². The topological polar surface area (TPSA) is 63.4 Å². The van der Waals surface area contributed by atoms with Crippen LogP contribution in [0.1, 0.15) is 43.6 Å². The minimum Gasteiger partial charge on any atom is -0.448 e. The summed E-state index contributed by atoms with van der Waals surface area (Å²) < 4.78 is 30.1. The standard InChI is InChI=1S/C14H22N2O3S/c1-11-14(15-10-19-11)9-20(17,18)13-5-4-12(8-13)16-6-2-3-7-16/h10,12-13H,2-9H2,1H3/t12-,13+/m0/s1. The van der Waals surface area contributed by atoms with Crippen molar-refractivity contribution in [3.8, 4) is 0 Å². The molecule has 1 aromatic heterocycles. The molecular weight excluding hydrogens is 276 g/mol. The molecule has 6 heteroatoms. The zero-order valence-corrected chi connectivity index (χ0v) is 12.7. The van der Waals surface area contributed by atoms with E-state index in [0.717, 1.165) is 32.4 Å². The fourth-order valence-electron chi connectivity index (χ4n) is 3.46. The summed E-state index contributed by atoms with van der Waals surface area (Å²) in [5.74, 6) is 0.634. The van der Waals surface area contributed by atoms with Crippen LogP contribution < -0.4 is 0 Å². The number of rotatable bonds is 4. The molecule has 1 aromatic rings. The molecule has 0 amide bonds. The van der Waals surface area contributed by atoms with Crippen LogP contribution in [0.4, 0.5) is 0 Å². The van der Waals surface area contributed by atoms with E-state index in [1.807, 2.05) is 0 Å². The summed E-state index contributed by atoms with van der Waals surface area (Å²) in [4.78, 5) is 6.48. The SMILES string of the molecule is Cc1ocnc1CS(=O)(=O)[C@@H]1CC[C@H](N2CCCC2)C1. The second-order valence-corrected chi connectivity index (χ2v) is 8.28. The van der Waals surface area contributed by atoms with E-state index in [-0.39, 0.29) is 11.0 Å². The third kappa shape index (κ3) is 2.76. The lowest BCUT2D eigenvalue weighted by Crippen LogP contribution is -2.32. The van der Waals surface area contributed by atoms with Gasteiger partial charge in [-0.3, -0.25) is 0 Å². The highest BCUT2D eigenvalue weighted by atomic mass is 32.2. The largest absolute Gasteiger partial charge is 0.448 e. The van der Waals surface area contributed by atoms with Gasteiger partial charge in [-0.25, -0.2) is 13.4 Å². The summed E-state index contributed by atoms with van der Waals surface area (Å²) in [5.41, 5.74) is 0.564. The zero-order chi connectivity index (χ0) is 14.2. The molecule has 0 N–H and O–H groups in total. The van der Waals surface area contributed by atoms with Crippen LogP contribution in [0.15, 0.2) is 10.8 Å². The van der Waals surface area contributed by atoms with Crippen molar-refractivity contribution in [2.24, 2.45) is 0 Å². The van der Waals surface area contributed by atoms with Crippen molar-refractivity contribution in [1.82, 2.24) is 9.88 Å². The molecule has 2 aliphatic rings. The Balaban J connectivity index is 1.65. The highest BCUT2D eigenvalue weighted by molar-refractivity contribution is 7.91. The van der Waals surface area contributed by atoms with Gasteiger partial charge in [0.25, 0.3) is 0 Å². The Labute approximate surface area is 120 Å². The average Bonchev–Trinajstić information content (AvgIpc) is 3.10. The molecule has 0 aromatic carbocycles. The third-order valence-electron chi connectivity index (χ3n) is 4.70. The first-order chi connectivity index (χ1) is 9.56. The Kier molecular flexibility index (Phi) is 3.86. The Morgan fingerprint density at radius 3 is 2.75 bits per heavy atom. The number of nitrogens with zero attached hydrogens (tertiary/aromatic N) is 2. The zero-order valence-electron chi connectivity index (χ0n) is 11.9. The quantitative estimate of drug-likeness (QED) is 0.849. The Bertz CT molecular complexity index is 561. The molecule has 1 saturated heterocycles. The van der Waals surface area contributed by atoms with Gasteiger partial charge >= 0.3 is 0 Å². The Morgan fingerprint density at radius 1 is 1.35 bits per heavy atom. The predicted octanol–water partition coefficient (Wildman–Crippen LogP) is 1.91. The smallest absolute Gasteiger partial charge is 0.181 e. The van der Waals surface area contributed by atoms with Crippen molar-refractivity contribution < 1.29 is 12.8 Å². The minimum atomic E-state index is -3.12. The molecule has 3 rings (SSSR count). The number of hydrogen-bond acceptors (Lipinski definition) is 5. The summed E-state index contributed by atoms with van der Waals surface area (Å²) in [6.07, 6.45) is 6.43. The van der Waals surface area contributed by atoms with Crippen molar-refractivity contribution in [3.63, 3.8) is 0 Å². The fraction of sp³-hybridized carbons (Fsp3) is 0.786. The van der Waals surface area contributed by atoms with Crippen LogP contribution in [0.25, 0.3) is 0 Å². The number of likely N-dealkylation sites (tertiary alicyclic amines) is 1. The molecule has 0 bridgehead atoms. The van der Waals surface area contributed by atoms with Crippen LogP contribution in [0.3, 0.4) is 0 Å². The summed E-state index contributed by atoms with van der Waals surface area (Å²) in [6.45, 7) is 4.04. The summed E-state index contributed by atoms with van der Waals surface area (Å²) in [5, 5.41) is -0.204. The molecule has 1 aliphatic carbocycles. The van der Waals surface area contributed by atoms with Gasteiger partial charge in [-0.05, 0) is 52.1 Å². The number of aromatic nitrogens is 1. The van der Waals surface area contributed by atoms with Crippen LogP contribution in [-0.2, 0) is 15.6 Å². The van der Waals surface area contributed by atoms with Gasteiger partial charge in [0.1, 0.15) is 5.76 Å². The van der Waals surface area contributed by atoms with Gasteiger partial charge in [-0.1, -0.05) is 0 Å². The maximum atomic E-state index is 12.5. The highest BCUT2D eigenvalue weighted by Crippen LogP contribution is 2.32. The maximum Gasteiger partial charge on any atom is 0.181 e. The van der Waals surface area contributed by atoms with E-state index >= 15 is 0 Å². The van der Waals surface area contributed by atoms with Gasteiger partial charge in [-0.15, -0.1) is 0 Å². The van der Waals surface area contributed by atoms with Crippen LogP contribution in [0.5, 0.6) is 0 Å². The molecule has 0 spiro atoms. The van der Waals surface area contributed by atoms with Crippen molar-refractivity contribution in [2.75, 3.05) is 13.1 Å². The molecule has 2 heterocycles. The second-order valence-electron chi connectivity index (χ2n) is 5.99. The molecule has 2 atom stereocenters. The predicted molar refractivity (Wildman–Crippen MR) is 76.1 cm³/mol. The number of sulfone groups is 1. The van der Waals surface area contributed by atoms with E-state index in [9.17, 15) is 8.42 Å². The first kappa shape index (κ1) is 14.1. The van der Waals surface area contributed by atoms with Gasteiger partial charge < -0.3 is 9.32 Å². The molecule has 20 heavy (non-hydrogen) atoms. The number of oxazole rings is 1. The normalized spacial score (nSPS) is 28.2. The number of hydrogen-bond donors (Lipinski definition) is 0. The van der Waals surface area contributed by atoms with Gasteiger partial charge in [-0.2, -0.15) is 0 Å². The molecular formula is C14H22N2O3S. The van der Waals surface area contributed by atoms with Crippen molar-refractivity contribution >= 4 is 9.84 Å². The molecule has 1 saturated carbocycles. The first-order valence-electron chi connectivity index (χ1n) is 7.41. The van der Waals surface area contributed by atoms with Gasteiger partial charge in [0.05, 0.1) is 16.7 Å². The lowest BCUT2D eigenvalue weighted by molar-refractivity contribution is 0.247. The Hall–Kier alpha value is -0.880. The van der Waals surface area contributed by atoms with Gasteiger partial charge in [0.15, 0.2) is 16.2 Å². The van der Waals surface area contributed by atoms with Gasteiger partial charge in [0.2, 0.25) is 0 Å². The van der Waals surface area contributed by atoms with Crippen molar-refractivity contribution in [3.05, 3.63) is 17.8 Å². The monoisotopic (exact) mass is 298 g/mol.